The fourth-order valence-electron chi connectivity index (χ4n) is 1.85. The summed E-state index contributed by atoms with van der Waals surface area (Å²) in [5.41, 5.74) is 1.34. The number of rotatable bonds is 5. The summed E-state index contributed by atoms with van der Waals surface area (Å²) in [6.07, 6.45) is 0.628. The van der Waals surface area contributed by atoms with Crippen LogP contribution < -0.4 is 5.32 Å². The van der Waals surface area contributed by atoms with Crippen LogP contribution in [-0.2, 0) is 7.05 Å². The maximum atomic E-state index is 12.1. The highest BCUT2D eigenvalue weighted by Gasteiger charge is 2.17. The minimum absolute atomic E-state index is 0.0918. The molecule has 0 saturated carbocycles. The Kier molecular flexibility index (Phi) is 4.24. The molecule has 108 valence electrons. The van der Waals surface area contributed by atoms with E-state index in [1.807, 2.05) is 13.8 Å². The van der Waals surface area contributed by atoms with Crippen molar-refractivity contribution in [2.75, 3.05) is 6.54 Å². The first-order valence-corrected chi connectivity index (χ1v) is 6.52. The van der Waals surface area contributed by atoms with Crippen molar-refractivity contribution in [1.29, 1.82) is 0 Å². The lowest BCUT2D eigenvalue weighted by Crippen LogP contribution is -2.29. The first kappa shape index (κ1) is 14.3. The number of aryl methyl sites for hydroxylation is 1. The lowest BCUT2D eigenvalue weighted by Gasteiger charge is -2.09. The number of carbonyl (C=O) groups excluding carboxylic acids is 1. The molecule has 2 N–H and O–H groups in total. The monoisotopic (exact) mass is 277 g/mol. The Labute approximate surface area is 117 Å². The zero-order chi connectivity index (χ0) is 14.7. The molecule has 0 aliphatic rings. The van der Waals surface area contributed by atoms with Gasteiger partial charge >= 0.3 is 0 Å². The molecular weight excluding hydrogens is 258 g/mol. The summed E-state index contributed by atoms with van der Waals surface area (Å²) in [6, 6.07) is 5.12. The summed E-state index contributed by atoms with van der Waals surface area (Å²) in [6.45, 7) is 4.13. The molecule has 2 aromatic heterocycles. The van der Waals surface area contributed by atoms with Crippen molar-refractivity contribution in [3.05, 3.63) is 41.6 Å². The summed E-state index contributed by atoms with van der Waals surface area (Å²) in [5.74, 6) is 0.423. The molecule has 6 heteroatoms. The Balaban J connectivity index is 1.98. The quantitative estimate of drug-likeness (QED) is 0.870. The van der Waals surface area contributed by atoms with Crippen LogP contribution in [-0.4, -0.2) is 27.3 Å². The highest BCUT2D eigenvalue weighted by molar-refractivity contribution is 5.92. The number of nitrogens with zero attached hydrogens (tertiary/aromatic N) is 2. The van der Waals surface area contributed by atoms with E-state index in [9.17, 15) is 9.90 Å². The number of carbonyl (C=O) groups is 1. The van der Waals surface area contributed by atoms with Gasteiger partial charge in [0, 0.05) is 7.05 Å². The SMILES string of the molecule is CC(C)c1cc(C(=O)NC[C@@H](O)c2ccco2)n(C)n1. The van der Waals surface area contributed by atoms with E-state index in [-0.39, 0.29) is 18.4 Å². The zero-order valence-electron chi connectivity index (χ0n) is 11.8. The fourth-order valence-corrected chi connectivity index (χ4v) is 1.85. The van der Waals surface area contributed by atoms with Crippen LogP contribution in [0.15, 0.2) is 28.9 Å². The summed E-state index contributed by atoms with van der Waals surface area (Å²) in [4.78, 5) is 12.1. The molecule has 1 amide bonds. The van der Waals surface area contributed by atoms with Crippen molar-refractivity contribution in [2.24, 2.45) is 7.05 Å². The molecule has 2 rings (SSSR count). The van der Waals surface area contributed by atoms with Gasteiger partial charge < -0.3 is 14.8 Å². The van der Waals surface area contributed by atoms with Gasteiger partial charge in [0.05, 0.1) is 18.5 Å². The van der Waals surface area contributed by atoms with Gasteiger partial charge in [0.2, 0.25) is 0 Å². The van der Waals surface area contributed by atoms with Crippen molar-refractivity contribution in [2.45, 2.75) is 25.9 Å². The summed E-state index contributed by atoms with van der Waals surface area (Å²) >= 11 is 0. The Hall–Kier alpha value is -2.08. The summed E-state index contributed by atoms with van der Waals surface area (Å²) < 4.78 is 6.62. The maximum Gasteiger partial charge on any atom is 0.269 e. The summed E-state index contributed by atoms with van der Waals surface area (Å²) in [5, 5.41) is 16.8. The second kappa shape index (κ2) is 5.92. The van der Waals surface area contributed by atoms with Gasteiger partial charge in [-0.2, -0.15) is 5.10 Å². The average molecular weight is 277 g/mol. The third-order valence-corrected chi connectivity index (χ3v) is 3.05. The Bertz CT molecular complexity index is 573. The van der Waals surface area contributed by atoms with Gasteiger partial charge in [-0.1, -0.05) is 13.8 Å². The topological polar surface area (TPSA) is 80.3 Å². The van der Waals surface area contributed by atoms with Crippen molar-refractivity contribution < 1.29 is 14.3 Å². The highest BCUT2D eigenvalue weighted by atomic mass is 16.4. The van der Waals surface area contributed by atoms with Crippen molar-refractivity contribution in [3.8, 4) is 0 Å². The predicted molar refractivity (Wildman–Crippen MR) is 73.3 cm³/mol. The highest BCUT2D eigenvalue weighted by Crippen LogP contribution is 2.15. The number of furan rings is 1. The molecule has 0 fully saturated rings. The number of aliphatic hydroxyl groups is 1. The first-order chi connectivity index (χ1) is 9.49. The fraction of sp³-hybridized carbons (Fsp3) is 0.429. The second-order valence-electron chi connectivity index (χ2n) is 4.97. The van der Waals surface area contributed by atoms with Crippen LogP contribution in [0.4, 0.5) is 0 Å². The molecule has 0 radical (unpaired) electrons. The molecule has 0 saturated heterocycles. The standard InChI is InChI=1S/C14H19N3O3/c1-9(2)10-7-11(17(3)16-10)14(19)15-8-12(18)13-5-4-6-20-13/h4-7,9,12,18H,8H2,1-3H3,(H,15,19)/t12-/m1/s1. The predicted octanol–water partition coefficient (Wildman–Crippen LogP) is 1.60. The Morgan fingerprint density at radius 1 is 1.55 bits per heavy atom. The maximum absolute atomic E-state index is 12.1. The van der Waals surface area contributed by atoms with Crippen LogP contribution in [0.1, 0.15) is 47.8 Å². The van der Waals surface area contributed by atoms with Crippen molar-refractivity contribution in [3.63, 3.8) is 0 Å². The lowest BCUT2D eigenvalue weighted by molar-refractivity contribution is 0.0892. The molecule has 2 aromatic rings. The molecule has 0 unspecified atom stereocenters. The van der Waals surface area contributed by atoms with Gasteiger partial charge in [-0.05, 0) is 24.1 Å². The molecule has 6 nitrogen and oxygen atoms in total. The van der Waals surface area contributed by atoms with Crippen LogP contribution in [0.5, 0.6) is 0 Å². The van der Waals surface area contributed by atoms with Gasteiger partial charge in [0.15, 0.2) is 0 Å². The molecule has 2 heterocycles. The zero-order valence-corrected chi connectivity index (χ0v) is 11.8. The largest absolute Gasteiger partial charge is 0.467 e. The van der Waals surface area contributed by atoms with Gasteiger partial charge in [-0.25, -0.2) is 0 Å². The van der Waals surface area contributed by atoms with E-state index in [0.29, 0.717) is 11.5 Å². The number of aromatic nitrogens is 2. The van der Waals surface area contributed by atoms with Crippen molar-refractivity contribution in [1.82, 2.24) is 15.1 Å². The van der Waals surface area contributed by atoms with E-state index in [1.165, 1.54) is 6.26 Å². The van der Waals surface area contributed by atoms with E-state index in [4.69, 9.17) is 4.42 Å². The lowest BCUT2D eigenvalue weighted by atomic mass is 10.1. The van der Waals surface area contributed by atoms with E-state index in [1.54, 1.807) is 29.9 Å². The van der Waals surface area contributed by atoms with Gasteiger partial charge in [-0.3, -0.25) is 9.48 Å². The van der Waals surface area contributed by atoms with Crippen molar-refractivity contribution >= 4 is 5.91 Å². The van der Waals surface area contributed by atoms with Crippen LogP contribution in [0.25, 0.3) is 0 Å². The van der Waals surface area contributed by atoms with Gasteiger partial charge in [-0.15, -0.1) is 0 Å². The third kappa shape index (κ3) is 3.08. The van der Waals surface area contributed by atoms with Gasteiger partial charge in [0.25, 0.3) is 5.91 Å². The van der Waals surface area contributed by atoms with Crippen LogP contribution in [0.3, 0.4) is 0 Å². The number of hydrogen-bond acceptors (Lipinski definition) is 4. The smallest absolute Gasteiger partial charge is 0.269 e. The first-order valence-electron chi connectivity index (χ1n) is 6.52. The molecule has 1 atom stereocenters. The molecule has 0 spiro atoms. The normalized spacial score (nSPS) is 12.7. The number of nitrogens with one attached hydrogen (secondary N) is 1. The Morgan fingerprint density at radius 3 is 2.85 bits per heavy atom. The van der Waals surface area contributed by atoms with E-state index in [0.717, 1.165) is 5.69 Å². The van der Waals surface area contributed by atoms with E-state index < -0.39 is 6.10 Å². The van der Waals surface area contributed by atoms with E-state index >= 15 is 0 Å². The van der Waals surface area contributed by atoms with Gasteiger partial charge in [0.1, 0.15) is 17.6 Å². The average Bonchev–Trinajstić information content (AvgIpc) is 3.04. The number of aliphatic hydroxyl groups excluding tert-OH is 1. The Morgan fingerprint density at radius 2 is 2.30 bits per heavy atom. The minimum Gasteiger partial charge on any atom is -0.467 e. The molecular formula is C14H19N3O3. The molecule has 0 aliphatic carbocycles. The van der Waals surface area contributed by atoms with Crippen LogP contribution in [0.2, 0.25) is 0 Å². The number of amides is 1. The van der Waals surface area contributed by atoms with E-state index in [2.05, 4.69) is 10.4 Å². The minimum atomic E-state index is -0.855. The molecule has 0 bridgehead atoms. The van der Waals surface area contributed by atoms with Crippen LogP contribution in [0, 0.1) is 0 Å². The number of hydrogen-bond donors (Lipinski definition) is 2. The molecule has 0 aromatic carbocycles. The molecule has 0 aliphatic heterocycles. The third-order valence-electron chi connectivity index (χ3n) is 3.05. The molecule has 20 heavy (non-hydrogen) atoms. The van der Waals surface area contributed by atoms with Crippen LogP contribution >= 0.6 is 0 Å². The second-order valence-corrected chi connectivity index (χ2v) is 4.97. The summed E-state index contributed by atoms with van der Waals surface area (Å²) in [7, 11) is 1.73.